The SMILES string of the molecule is Cc1cc2nc(NC(=O)CCCSc3ccc(F)cc3)sc2cc1C. The van der Waals surface area contributed by atoms with Crippen LogP contribution in [0.25, 0.3) is 10.2 Å². The van der Waals surface area contributed by atoms with E-state index in [1.807, 2.05) is 0 Å². The Morgan fingerprint density at radius 3 is 2.68 bits per heavy atom. The van der Waals surface area contributed by atoms with Gasteiger partial charge >= 0.3 is 0 Å². The summed E-state index contributed by atoms with van der Waals surface area (Å²) in [5.74, 6) is 0.564. The van der Waals surface area contributed by atoms with Crippen molar-refractivity contribution >= 4 is 44.4 Å². The highest BCUT2D eigenvalue weighted by molar-refractivity contribution is 7.99. The van der Waals surface area contributed by atoms with E-state index in [0.29, 0.717) is 11.6 Å². The highest BCUT2D eigenvalue weighted by Gasteiger charge is 2.09. The van der Waals surface area contributed by atoms with Crippen LogP contribution >= 0.6 is 23.1 Å². The van der Waals surface area contributed by atoms with Gasteiger partial charge in [-0.1, -0.05) is 11.3 Å². The van der Waals surface area contributed by atoms with Gasteiger partial charge in [0, 0.05) is 11.3 Å². The lowest BCUT2D eigenvalue weighted by molar-refractivity contribution is -0.116. The van der Waals surface area contributed by atoms with Crippen LogP contribution in [-0.2, 0) is 4.79 Å². The molecule has 0 fully saturated rings. The van der Waals surface area contributed by atoms with Gasteiger partial charge in [0.15, 0.2) is 5.13 Å². The molecule has 0 aliphatic carbocycles. The van der Waals surface area contributed by atoms with Gasteiger partial charge in [0.2, 0.25) is 5.91 Å². The molecule has 0 bridgehead atoms. The molecule has 130 valence electrons. The lowest BCUT2D eigenvalue weighted by atomic mass is 10.1. The number of hydrogen-bond acceptors (Lipinski definition) is 4. The van der Waals surface area contributed by atoms with Crippen LogP contribution in [0.15, 0.2) is 41.3 Å². The summed E-state index contributed by atoms with van der Waals surface area (Å²) < 4.78 is 13.9. The van der Waals surface area contributed by atoms with E-state index in [2.05, 4.69) is 36.3 Å². The molecule has 1 N–H and O–H groups in total. The summed E-state index contributed by atoms with van der Waals surface area (Å²) in [5, 5.41) is 3.54. The molecule has 0 unspecified atom stereocenters. The summed E-state index contributed by atoms with van der Waals surface area (Å²) in [4.78, 5) is 17.6. The molecule has 0 saturated heterocycles. The van der Waals surface area contributed by atoms with Crippen LogP contribution < -0.4 is 5.32 Å². The molecule has 0 spiro atoms. The molecular weight excluding hydrogens is 355 g/mol. The predicted octanol–water partition coefficient (Wildman–Crippen LogP) is 5.56. The smallest absolute Gasteiger partial charge is 0.226 e. The van der Waals surface area contributed by atoms with Crippen molar-refractivity contribution in [2.24, 2.45) is 0 Å². The van der Waals surface area contributed by atoms with Crippen LogP contribution in [0.5, 0.6) is 0 Å². The lowest BCUT2D eigenvalue weighted by Gasteiger charge is -2.02. The standard InChI is InChI=1S/C19H19FN2OS2/c1-12-10-16-17(11-13(12)2)25-19(21-16)22-18(23)4-3-9-24-15-7-5-14(20)6-8-15/h5-8,10-11H,3-4,9H2,1-2H3,(H,21,22,23). The minimum atomic E-state index is -0.232. The maximum atomic E-state index is 12.8. The van der Waals surface area contributed by atoms with Crippen molar-refractivity contribution in [2.45, 2.75) is 31.6 Å². The Bertz CT molecular complexity index is 851. The topological polar surface area (TPSA) is 42.0 Å². The lowest BCUT2D eigenvalue weighted by Crippen LogP contribution is -2.11. The molecule has 1 aromatic heterocycles. The number of carbonyl (C=O) groups excluding carboxylic acids is 1. The van der Waals surface area contributed by atoms with Crippen LogP contribution in [0.2, 0.25) is 0 Å². The monoisotopic (exact) mass is 374 g/mol. The molecule has 0 aliphatic rings. The molecule has 0 aliphatic heterocycles. The molecule has 0 radical (unpaired) electrons. The number of aromatic nitrogens is 1. The van der Waals surface area contributed by atoms with Crippen molar-refractivity contribution in [3.05, 3.63) is 53.3 Å². The number of halogens is 1. The van der Waals surface area contributed by atoms with Crippen LogP contribution in [-0.4, -0.2) is 16.6 Å². The Kier molecular flexibility index (Phi) is 5.71. The quantitative estimate of drug-likeness (QED) is 0.453. The Balaban J connectivity index is 1.48. The number of anilines is 1. The molecule has 3 rings (SSSR count). The Labute approximate surface area is 154 Å². The second-order valence-corrected chi connectivity index (χ2v) is 8.08. The number of carbonyl (C=O) groups is 1. The summed E-state index contributed by atoms with van der Waals surface area (Å²) in [7, 11) is 0. The average Bonchev–Trinajstić information content (AvgIpc) is 2.94. The number of benzene rings is 2. The molecule has 0 saturated carbocycles. The molecule has 0 atom stereocenters. The van der Waals surface area contributed by atoms with Crippen LogP contribution in [0.4, 0.5) is 9.52 Å². The molecule has 3 aromatic rings. The van der Waals surface area contributed by atoms with Crippen LogP contribution in [0.3, 0.4) is 0 Å². The molecular formula is C19H19FN2OS2. The molecule has 1 heterocycles. The number of nitrogens with one attached hydrogen (secondary N) is 1. The van der Waals surface area contributed by atoms with Gasteiger partial charge in [-0.05, 0) is 73.5 Å². The molecule has 3 nitrogen and oxygen atoms in total. The fourth-order valence-corrected chi connectivity index (χ4v) is 4.18. The van der Waals surface area contributed by atoms with E-state index >= 15 is 0 Å². The first-order valence-corrected chi connectivity index (χ1v) is 9.87. The Morgan fingerprint density at radius 2 is 1.92 bits per heavy atom. The third-order valence-corrected chi connectivity index (χ3v) is 5.91. The van der Waals surface area contributed by atoms with Crippen molar-refractivity contribution in [2.75, 3.05) is 11.1 Å². The maximum absolute atomic E-state index is 12.8. The van der Waals surface area contributed by atoms with E-state index in [1.165, 1.54) is 34.6 Å². The maximum Gasteiger partial charge on any atom is 0.226 e. The Hall–Kier alpha value is -1.92. The zero-order valence-corrected chi connectivity index (χ0v) is 15.8. The number of fused-ring (bicyclic) bond motifs is 1. The third-order valence-electron chi connectivity index (χ3n) is 3.88. The van der Waals surface area contributed by atoms with E-state index in [9.17, 15) is 9.18 Å². The van der Waals surface area contributed by atoms with E-state index in [-0.39, 0.29) is 11.7 Å². The van der Waals surface area contributed by atoms with E-state index < -0.39 is 0 Å². The second-order valence-electron chi connectivity index (χ2n) is 5.88. The van der Waals surface area contributed by atoms with Crippen LogP contribution in [0, 0.1) is 19.7 Å². The van der Waals surface area contributed by atoms with Gasteiger partial charge in [-0.15, -0.1) is 11.8 Å². The van der Waals surface area contributed by atoms with Crippen LogP contribution in [0.1, 0.15) is 24.0 Å². The minimum absolute atomic E-state index is 0.0211. The number of thiazole rings is 1. The number of rotatable bonds is 6. The minimum Gasteiger partial charge on any atom is -0.302 e. The molecule has 6 heteroatoms. The summed E-state index contributed by atoms with van der Waals surface area (Å²) in [6.07, 6.45) is 1.21. The van der Waals surface area contributed by atoms with Crippen molar-refractivity contribution < 1.29 is 9.18 Å². The number of amides is 1. The van der Waals surface area contributed by atoms with Gasteiger partial charge in [-0.25, -0.2) is 9.37 Å². The Morgan fingerprint density at radius 1 is 1.20 bits per heavy atom. The largest absolute Gasteiger partial charge is 0.302 e. The van der Waals surface area contributed by atoms with Gasteiger partial charge in [0.1, 0.15) is 5.82 Å². The second kappa shape index (κ2) is 7.97. The van der Waals surface area contributed by atoms with Gasteiger partial charge in [0.05, 0.1) is 10.2 Å². The van der Waals surface area contributed by atoms with Crippen molar-refractivity contribution in [1.82, 2.24) is 4.98 Å². The van der Waals surface area contributed by atoms with Crippen molar-refractivity contribution in [3.8, 4) is 0 Å². The fraction of sp³-hybridized carbons (Fsp3) is 0.263. The van der Waals surface area contributed by atoms with Crippen molar-refractivity contribution in [1.29, 1.82) is 0 Å². The molecule has 2 aromatic carbocycles. The van der Waals surface area contributed by atoms with E-state index in [0.717, 1.165) is 27.3 Å². The molecule has 25 heavy (non-hydrogen) atoms. The van der Waals surface area contributed by atoms with E-state index in [4.69, 9.17) is 0 Å². The number of nitrogens with zero attached hydrogens (tertiary/aromatic N) is 1. The molecule has 1 amide bonds. The highest BCUT2D eigenvalue weighted by atomic mass is 32.2. The van der Waals surface area contributed by atoms with Gasteiger partial charge in [-0.2, -0.15) is 0 Å². The summed E-state index contributed by atoms with van der Waals surface area (Å²) in [6, 6.07) is 10.6. The first-order chi connectivity index (χ1) is 12.0. The fourth-order valence-electron chi connectivity index (χ4n) is 2.37. The van der Waals surface area contributed by atoms with Crippen molar-refractivity contribution in [3.63, 3.8) is 0 Å². The predicted molar refractivity (Wildman–Crippen MR) is 104 cm³/mol. The van der Waals surface area contributed by atoms with Gasteiger partial charge < -0.3 is 5.32 Å². The summed E-state index contributed by atoms with van der Waals surface area (Å²) >= 11 is 3.13. The third kappa shape index (κ3) is 4.80. The summed E-state index contributed by atoms with van der Waals surface area (Å²) in [6.45, 7) is 4.14. The highest BCUT2D eigenvalue weighted by Crippen LogP contribution is 2.28. The normalized spacial score (nSPS) is 11.0. The summed E-state index contributed by atoms with van der Waals surface area (Å²) in [5.41, 5.74) is 3.36. The zero-order valence-electron chi connectivity index (χ0n) is 14.1. The number of hydrogen-bond donors (Lipinski definition) is 1. The number of aryl methyl sites for hydroxylation is 2. The number of thioether (sulfide) groups is 1. The van der Waals surface area contributed by atoms with Gasteiger partial charge in [-0.3, -0.25) is 4.79 Å². The zero-order chi connectivity index (χ0) is 17.8. The van der Waals surface area contributed by atoms with E-state index in [1.54, 1.807) is 23.9 Å². The first kappa shape index (κ1) is 17.9. The van der Waals surface area contributed by atoms with Gasteiger partial charge in [0.25, 0.3) is 0 Å². The first-order valence-electron chi connectivity index (χ1n) is 8.07. The average molecular weight is 375 g/mol.